The maximum Gasteiger partial charge on any atom is 0.110 e. The maximum absolute atomic E-state index is 2.55. The van der Waals surface area contributed by atoms with Crippen LogP contribution in [0.1, 0.15) is 33.6 Å². The van der Waals surface area contributed by atoms with E-state index in [2.05, 4.69) is 60.9 Å². The quantitative estimate of drug-likeness (QED) is 0.669. The van der Waals surface area contributed by atoms with E-state index in [0.717, 1.165) is 22.5 Å². The summed E-state index contributed by atoms with van der Waals surface area (Å²) in [5.74, 6) is 0.866. The zero-order valence-electron chi connectivity index (χ0n) is 13.0. The predicted molar refractivity (Wildman–Crippen MR) is 73.9 cm³/mol. The maximum atomic E-state index is 2.55. The van der Waals surface area contributed by atoms with Crippen molar-refractivity contribution in [2.45, 2.75) is 45.7 Å². The van der Waals surface area contributed by atoms with Crippen molar-refractivity contribution in [1.29, 1.82) is 0 Å². The molecule has 2 aliphatic carbocycles. The number of likely N-dealkylation sites (N-methyl/N-ethyl adjacent to an activating group) is 2. The topological polar surface area (TPSA) is 3.24 Å². The van der Waals surface area contributed by atoms with Crippen molar-refractivity contribution in [3.63, 3.8) is 0 Å². The molecular weight excluding hydrogens is 208 g/mol. The van der Waals surface area contributed by atoms with E-state index in [0.29, 0.717) is 10.8 Å². The molecule has 2 saturated carbocycles. The van der Waals surface area contributed by atoms with Gasteiger partial charge in [0.2, 0.25) is 0 Å². The predicted octanol–water partition coefficient (Wildman–Crippen LogP) is 2.45. The van der Waals surface area contributed by atoms with Gasteiger partial charge in [-0.2, -0.15) is 0 Å². The highest BCUT2D eigenvalue weighted by Crippen LogP contribution is 2.67. The molecule has 100 valence electrons. The molecule has 0 aromatic rings. The lowest BCUT2D eigenvalue weighted by atomic mass is 9.68. The molecule has 2 bridgehead atoms. The van der Waals surface area contributed by atoms with Gasteiger partial charge in [-0.05, 0) is 38.3 Å². The molecule has 0 aromatic carbocycles. The van der Waals surface area contributed by atoms with Crippen molar-refractivity contribution in [3.8, 4) is 0 Å². The summed E-state index contributed by atoms with van der Waals surface area (Å²) in [6.07, 6.45) is 2.83. The van der Waals surface area contributed by atoms with E-state index < -0.39 is 0 Å². The fraction of sp³-hybridized carbons (Fsp3) is 1.00. The Morgan fingerprint density at radius 1 is 1.06 bits per heavy atom. The van der Waals surface area contributed by atoms with Gasteiger partial charge in [-0.25, -0.2) is 0 Å². The van der Waals surface area contributed by atoms with Gasteiger partial charge in [0, 0.05) is 5.41 Å². The largest absolute Gasteiger partial charge is 0.327 e. The molecular formula is C15H31N2+. The number of rotatable bonds is 2. The van der Waals surface area contributed by atoms with Gasteiger partial charge in [-0.1, -0.05) is 20.8 Å². The number of quaternary nitrogens is 1. The minimum Gasteiger partial charge on any atom is -0.327 e. The second-order valence-corrected chi connectivity index (χ2v) is 8.30. The standard InChI is InChI=1S/C15H31N2/c1-14(2)11-9-10-15(14,3)13(17(6,7)8)12(11)16(4)5/h11-13H,9-10H2,1-8H3/q+1/t11-,12-,13+,15+/m1/s1. The highest BCUT2D eigenvalue weighted by molar-refractivity contribution is 5.17. The van der Waals surface area contributed by atoms with Crippen LogP contribution in [0.25, 0.3) is 0 Å². The first-order valence-electron chi connectivity index (χ1n) is 7.01. The molecule has 4 atom stereocenters. The molecule has 0 aromatic heterocycles. The molecule has 0 aliphatic heterocycles. The monoisotopic (exact) mass is 239 g/mol. The van der Waals surface area contributed by atoms with Crippen LogP contribution < -0.4 is 0 Å². The van der Waals surface area contributed by atoms with Crippen LogP contribution >= 0.6 is 0 Å². The van der Waals surface area contributed by atoms with E-state index in [1.807, 2.05) is 0 Å². The van der Waals surface area contributed by atoms with Crippen LogP contribution in [-0.4, -0.2) is 56.7 Å². The van der Waals surface area contributed by atoms with Gasteiger partial charge >= 0.3 is 0 Å². The Morgan fingerprint density at radius 2 is 1.59 bits per heavy atom. The fourth-order valence-corrected chi connectivity index (χ4v) is 5.24. The molecule has 0 amide bonds. The van der Waals surface area contributed by atoms with Crippen molar-refractivity contribution in [1.82, 2.24) is 4.90 Å². The molecule has 2 fully saturated rings. The van der Waals surface area contributed by atoms with Gasteiger partial charge in [0.1, 0.15) is 6.04 Å². The van der Waals surface area contributed by atoms with E-state index in [4.69, 9.17) is 0 Å². The third-order valence-electron chi connectivity index (χ3n) is 6.19. The average molecular weight is 239 g/mol. The first kappa shape index (κ1) is 13.4. The highest BCUT2D eigenvalue weighted by atomic mass is 15.4. The third-order valence-corrected chi connectivity index (χ3v) is 6.19. The van der Waals surface area contributed by atoms with Crippen LogP contribution in [0.3, 0.4) is 0 Å². The van der Waals surface area contributed by atoms with Gasteiger partial charge in [-0.3, -0.25) is 0 Å². The fourth-order valence-electron chi connectivity index (χ4n) is 5.24. The summed E-state index contributed by atoms with van der Waals surface area (Å²) in [6, 6.07) is 1.50. The van der Waals surface area contributed by atoms with Crippen molar-refractivity contribution in [2.24, 2.45) is 16.7 Å². The first-order chi connectivity index (χ1) is 7.53. The summed E-state index contributed by atoms with van der Waals surface area (Å²) in [7, 11) is 11.7. The second kappa shape index (κ2) is 3.48. The number of fused-ring (bicyclic) bond motifs is 2. The summed E-state index contributed by atoms with van der Waals surface area (Å²) < 4.78 is 1.10. The van der Waals surface area contributed by atoms with Crippen LogP contribution in [0.5, 0.6) is 0 Å². The van der Waals surface area contributed by atoms with Gasteiger partial charge < -0.3 is 9.38 Å². The zero-order chi connectivity index (χ0) is 13.2. The second-order valence-electron chi connectivity index (χ2n) is 8.30. The molecule has 2 nitrogen and oxygen atoms in total. The highest BCUT2D eigenvalue weighted by Gasteiger charge is 2.70. The first-order valence-corrected chi connectivity index (χ1v) is 7.01. The third kappa shape index (κ3) is 1.53. The molecule has 0 radical (unpaired) electrons. The van der Waals surface area contributed by atoms with Gasteiger partial charge in [0.25, 0.3) is 0 Å². The van der Waals surface area contributed by atoms with Crippen molar-refractivity contribution >= 4 is 0 Å². The smallest absolute Gasteiger partial charge is 0.110 e. The number of hydrogen-bond donors (Lipinski definition) is 0. The van der Waals surface area contributed by atoms with E-state index in [1.165, 1.54) is 12.8 Å². The lowest BCUT2D eigenvalue weighted by Crippen LogP contribution is -2.61. The normalized spacial score (nSPS) is 44.6. The molecule has 0 saturated heterocycles. The zero-order valence-corrected chi connectivity index (χ0v) is 13.0. The van der Waals surface area contributed by atoms with Crippen molar-refractivity contribution < 1.29 is 4.48 Å². The molecule has 0 unspecified atom stereocenters. The van der Waals surface area contributed by atoms with Gasteiger partial charge in [-0.15, -0.1) is 0 Å². The molecule has 2 heteroatoms. The summed E-state index contributed by atoms with van der Waals surface area (Å²) in [4.78, 5) is 2.49. The molecule has 0 N–H and O–H groups in total. The Kier molecular flexibility index (Phi) is 2.73. The van der Waals surface area contributed by atoms with E-state index in [1.54, 1.807) is 0 Å². The summed E-state index contributed by atoms with van der Waals surface area (Å²) >= 11 is 0. The summed E-state index contributed by atoms with van der Waals surface area (Å²) in [6.45, 7) is 7.57. The molecule has 0 heterocycles. The van der Waals surface area contributed by atoms with Crippen molar-refractivity contribution in [3.05, 3.63) is 0 Å². The number of hydrogen-bond acceptors (Lipinski definition) is 1. The minimum absolute atomic E-state index is 0.484. The Bertz CT molecular complexity index is 313. The number of nitrogens with zero attached hydrogens (tertiary/aromatic N) is 2. The van der Waals surface area contributed by atoms with Gasteiger partial charge in [0.15, 0.2) is 0 Å². The average Bonchev–Trinajstić information content (AvgIpc) is 2.44. The van der Waals surface area contributed by atoms with E-state index >= 15 is 0 Å². The molecule has 2 rings (SSSR count). The Hall–Kier alpha value is -0.0800. The Balaban J connectivity index is 2.50. The SMILES string of the molecule is CN(C)[C@@H]1[C@H]2CC[C@@](C)([C@H]1[N+](C)(C)C)C2(C)C. The van der Waals surface area contributed by atoms with Crippen LogP contribution in [0, 0.1) is 16.7 Å². The molecule has 17 heavy (non-hydrogen) atoms. The van der Waals surface area contributed by atoms with Crippen LogP contribution in [-0.2, 0) is 0 Å². The summed E-state index contributed by atoms with van der Waals surface area (Å²) in [5.41, 5.74) is 0.975. The Labute approximate surface area is 108 Å². The van der Waals surface area contributed by atoms with Crippen molar-refractivity contribution in [2.75, 3.05) is 35.2 Å². The lowest BCUT2D eigenvalue weighted by molar-refractivity contribution is -0.905. The summed E-state index contributed by atoms with van der Waals surface area (Å²) in [5, 5.41) is 0. The van der Waals surface area contributed by atoms with Crippen LogP contribution in [0.2, 0.25) is 0 Å². The lowest BCUT2D eigenvalue weighted by Gasteiger charge is -2.48. The van der Waals surface area contributed by atoms with Crippen LogP contribution in [0.15, 0.2) is 0 Å². The minimum atomic E-state index is 0.484. The van der Waals surface area contributed by atoms with Gasteiger partial charge in [0.05, 0.1) is 27.2 Å². The van der Waals surface area contributed by atoms with E-state index in [9.17, 15) is 0 Å². The molecule has 2 aliphatic rings. The Morgan fingerprint density at radius 3 is 1.94 bits per heavy atom. The molecule has 0 spiro atoms. The van der Waals surface area contributed by atoms with Crippen LogP contribution in [0.4, 0.5) is 0 Å². The van der Waals surface area contributed by atoms with E-state index in [-0.39, 0.29) is 0 Å².